The maximum Gasteiger partial charge on any atom is 0.0900 e. The fraction of sp³-hybridized carbons (Fsp3) is 1.00. The number of aliphatic hydroxyl groups is 1. The van der Waals surface area contributed by atoms with Crippen molar-refractivity contribution in [2.24, 2.45) is 11.7 Å². The van der Waals surface area contributed by atoms with Crippen molar-refractivity contribution in [2.75, 3.05) is 32.8 Å². The molecular formula is C13H28N2O2. The minimum atomic E-state index is -0.385. The van der Waals surface area contributed by atoms with Gasteiger partial charge in [0.2, 0.25) is 0 Å². The molecule has 4 nitrogen and oxygen atoms in total. The fourth-order valence-electron chi connectivity index (χ4n) is 2.48. The van der Waals surface area contributed by atoms with Gasteiger partial charge in [-0.2, -0.15) is 0 Å². The van der Waals surface area contributed by atoms with Crippen LogP contribution in [0.5, 0.6) is 0 Å². The Morgan fingerprint density at radius 3 is 2.88 bits per heavy atom. The number of likely N-dealkylation sites (tertiary alicyclic amines) is 1. The third kappa shape index (κ3) is 6.36. The van der Waals surface area contributed by atoms with E-state index in [-0.39, 0.29) is 12.1 Å². The number of aliphatic hydroxyl groups excluding tert-OH is 1. The first-order valence-electron chi connectivity index (χ1n) is 6.85. The van der Waals surface area contributed by atoms with Gasteiger partial charge < -0.3 is 15.6 Å². The first-order valence-corrected chi connectivity index (χ1v) is 6.85. The third-order valence-corrected chi connectivity index (χ3v) is 3.19. The highest BCUT2D eigenvalue weighted by atomic mass is 16.5. The predicted octanol–water partition coefficient (Wildman–Crippen LogP) is 0.833. The number of hydrogen-bond acceptors (Lipinski definition) is 4. The number of hydrogen-bond donors (Lipinski definition) is 2. The largest absolute Gasteiger partial charge is 0.389 e. The van der Waals surface area contributed by atoms with Gasteiger partial charge in [0, 0.05) is 32.3 Å². The van der Waals surface area contributed by atoms with Crippen molar-refractivity contribution in [2.45, 2.75) is 45.3 Å². The summed E-state index contributed by atoms with van der Waals surface area (Å²) in [5, 5.41) is 9.87. The van der Waals surface area contributed by atoms with Crippen LogP contribution in [-0.2, 0) is 4.74 Å². The van der Waals surface area contributed by atoms with Crippen LogP contribution in [0.15, 0.2) is 0 Å². The average molecular weight is 244 g/mol. The summed E-state index contributed by atoms with van der Waals surface area (Å²) >= 11 is 0. The van der Waals surface area contributed by atoms with Gasteiger partial charge in [-0.15, -0.1) is 0 Å². The van der Waals surface area contributed by atoms with Crippen molar-refractivity contribution in [1.29, 1.82) is 0 Å². The number of nitrogens with two attached hydrogens (primary N) is 1. The molecule has 0 spiro atoms. The van der Waals surface area contributed by atoms with Crippen LogP contribution in [0.3, 0.4) is 0 Å². The number of nitrogens with zero attached hydrogens (tertiary/aromatic N) is 1. The Bertz CT molecular complexity index is 192. The van der Waals surface area contributed by atoms with E-state index in [9.17, 15) is 5.11 Å². The highest BCUT2D eigenvalue weighted by molar-refractivity contribution is 4.80. The second kappa shape index (κ2) is 8.03. The SMILES string of the molecule is CCCCOCC(O)CN1CC(C)CC(N)C1. The molecule has 0 aliphatic carbocycles. The summed E-state index contributed by atoms with van der Waals surface area (Å²) in [6.07, 6.45) is 2.91. The van der Waals surface area contributed by atoms with Gasteiger partial charge in [-0.1, -0.05) is 20.3 Å². The molecule has 0 aromatic carbocycles. The molecule has 1 rings (SSSR count). The van der Waals surface area contributed by atoms with Crippen molar-refractivity contribution in [3.63, 3.8) is 0 Å². The lowest BCUT2D eigenvalue weighted by Crippen LogP contribution is -2.49. The maximum absolute atomic E-state index is 9.87. The smallest absolute Gasteiger partial charge is 0.0900 e. The highest BCUT2D eigenvalue weighted by Gasteiger charge is 2.23. The molecule has 1 saturated heterocycles. The van der Waals surface area contributed by atoms with Crippen molar-refractivity contribution >= 4 is 0 Å². The molecule has 1 heterocycles. The number of ether oxygens (including phenoxy) is 1. The Kier molecular flexibility index (Phi) is 7.04. The Morgan fingerprint density at radius 1 is 1.47 bits per heavy atom. The van der Waals surface area contributed by atoms with Gasteiger partial charge >= 0.3 is 0 Å². The lowest BCUT2D eigenvalue weighted by atomic mass is 9.96. The summed E-state index contributed by atoms with van der Waals surface area (Å²) < 4.78 is 5.42. The fourth-order valence-corrected chi connectivity index (χ4v) is 2.48. The summed E-state index contributed by atoms with van der Waals surface area (Å²) in [7, 11) is 0. The average Bonchev–Trinajstić information content (AvgIpc) is 2.23. The number of piperidine rings is 1. The minimum Gasteiger partial charge on any atom is -0.389 e. The minimum absolute atomic E-state index is 0.256. The second-order valence-corrected chi connectivity index (χ2v) is 5.40. The van der Waals surface area contributed by atoms with Gasteiger partial charge in [-0.05, 0) is 18.8 Å². The predicted molar refractivity (Wildman–Crippen MR) is 69.9 cm³/mol. The number of rotatable bonds is 7. The Labute approximate surface area is 105 Å². The summed E-state index contributed by atoms with van der Waals surface area (Å²) in [6, 6.07) is 0.256. The maximum atomic E-state index is 9.87. The third-order valence-electron chi connectivity index (χ3n) is 3.19. The number of unbranched alkanes of at least 4 members (excludes halogenated alkanes) is 1. The summed E-state index contributed by atoms with van der Waals surface area (Å²) in [5.74, 6) is 0.631. The van der Waals surface area contributed by atoms with E-state index in [1.54, 1.807) is 0 Å². The quantitative estimate of drug-likeness (QED) is 0.651. The zero-order valence-corrected chi connectivity index (χ0v) is 11.3. The monoisotopic (exact) mass is 244 g/mol. The van der Waals surface area contributed by atoms with E-state index in [4.69, 9.17) is 10.5 Å². The molecule has 0 radical (unpaired) electrons. The van der Waals surface area contributed by atoms with Gasteiger partial charge in [0.15, 0.2) is 0 Å². The van der Waals surface area contributed by atoms with Gasteiger partial charge in [-0.3, -0.25) is 4.90 Å². The molecule has 3 unspecified atom stereocenters. The van der Waals surface area contributed by atoms with E-state index in [2.05, 4.69) is 18.7 Å². The van der Waals surface area contributed by atoms with Crippen LogP contribution in [0.4, 0.5) is 0 Å². The van der Waals surface area contributed by atoms with E-state index in [0.29, 0.717) is 19.1 Å². The molecule has 17 heavy (non-hydrogen) atoms. The van der Waals surface area contributed by atoms with Crippen LogP contribution in [0, 0.1) is 5.92 Å². The Balaban J connectivity index is 2.14. The zero-order valence-electron chi connectivity index (χ0n) is 11.3. The lowest BCUT2D eigenvalue weighted by molar-refractivity contribution is 0.00734. The van der Waals surface area contributed by atoms with Crippen LogP contribution in [0.2, 0.25) is 0 Å². The molecular weight excluding hydrogens is 216 g/mol. The van der Waals surface area contributed by atoms with Gasteiger partial charge in [0.1, 0.15) is 0 Å². The Morgan fingerprint density at radius 2 is 2.24 bits per heavy atom. The van der Waals surface area contributed by atoms with Crippen LogP contribution in [0.1, 0.15) is 33.1 Å². The first kappa shape index (κ1) is 14.9. The van der Waals surface area contributed by atoms with E-state index in [0.717, 1.165) is 39.0 Å². The summed E-state index contributed by atoms with van der Waals surface area (Å²) in [6.45, 7) is 8.18. The topological polar surface area (TPSA) is 58.7 Å². The van der Waals surface area contributed by atoms with E-state index in [1.165, 1.54) is 0 Å². The molecule has 4 heteroatoms. The van der Waals surface area contributed by atoms with Crippen LogP contribution < -0.4 is 5.73 Å². The van der Waals surface area contributed by atoms with E-state index in [1.807, 2.05) is 0 Å². The van der Waals surface area contributed by atoms with E-state index >= 15 is 0 Å². The molecule has 0 aromatic heterocycles. The van der Waals surface area contributed by atoms with Crippen LogP contribution >= 0.6 is 0 Å². The second-order valence-electron chi connectivity index (χ2n) is 5.40. The molecule has 0 aromatic rings. The van der Waals surface area contributed by atoms with Gasteiger partial charge in [-0.25, -0.2) is 0 Å². The van der Waals surface area contributed by atoms with E-state index < -0.39 is 0 Å². The molecule has 0 bridgehead atoms. The molecule has 3 N–H and O–H groups in total. The molecule has 0 amide bonds. The molecule has 0 saturated carbocycles. The molecule has 1 fully saturated rings. The van der Waals surface area contributed by atoms with Gasteiger partial charge in [0.25, 0.3) is 0 Å². The van der Waals surface area contributed by atoms with Crippen molar-refractivity contribution in [1.82, 2.24) is 4.90 Å². The summed E-state index contributed by atoms with van der Waals surface area (Å²) in [4.78, 5) is 2.26. The zero-order chi connectivity index (χ0) is 12.7. The first-order chi connectivity index (χ1) is 8.11. The van der Waals surface area contributed by atoms with Crippen LogP contribution in [-0.4, -0.2) is 55.0 Å². The normalized spacial score (nSPS) is 28.2. The molecule has 3 atom stereocenters. The molecule has 1 aliphatic rings. The van der Waals surface area contributed by atoms with Crippen molar-refractivity contribution in [3.05, 3.63) is 0 Å². The standard InChI is InChI=1S/C13H28N2O2/c1-3-4-5-17-10-13(16)9-15-7-11(2)6-12(14)8-15/h11-13,16H,3-10,14H2,1-2H3. The molecule has 1 aliphatic heterocycles. The van der Waals surface area contributed by atoms with Crippen LogP contribution in [0.25, 0.3) is 0 Å². The summed E-state index contributed by atoms with van der Waals surface area (Å²) in [5.41, 5.74) is 5.98. The molecule has 102 valence electrons. The number of β-amino-alcohol motifs (C(OH)–C–C–N with tert-alkyl or cyclic N) is 1. The van der Waals surface area contributed by atoms with Crippen molar-refractivity contribution < 1.29 is 9.84 Å². The van der Waals surface area contributed by atoms with Crippen molar-refractivity contribution in [3.8, 4) is 0 Å². The van der Waals surface area contributed by atoms with Gasteiger partial charge in [0.05, 0.1) is 12.7 Å². The highest BCUT2D eigenvalue weighted by Crippen LogP contribution is 2.15. The lowest BCUT2D eigenvalue weighted by Gasteiger charge is -2.35. The Hall–Kier alpha value is -0.160.